The summed E-state index contributed by atoms with van der Waals surface area (Å²) in [6.07, 6.45) is 7.37. The number of carboxylic acid groups (broad SMARTS) is 1. The first-order valence-corrected chi connectivity index (χ1v) is 8.60. The minimum atomic E-state index is -0.956. The summed E-state index contributed by atoms with van der Waals surface area (Å²) < 4.78 is 5.80. The third kappa shape index (κ3) is 6.58. The molecule has 2 rings (SSSR count). The molecule has 6 nitrogen and oxygen atoms in total. The number of aromatic carboxylic acids is 1. The van der Waals surface area contributed by atoms with Crippen molar-refractivity contribution in [3.63, 3.8) is 0 Å². The van der Waals surface area contributed by atoms with Crippen molar-refractivity contribution in [3.8, 4) is 0 Å². The molecule has 1 aliphatic carbocycles. The number of hydrogen-bond donors (Lipinski definition) is 3. The summed E-state index contributed by atoms with van der Waals surface area (Å²) in [5.74, 6) is -0.956. The van der Waals surface area contributed by atoms with Gasteiger partial charge in [-0.2, -0.15) is 0 Å². The van der Waals surface area contributed by atoms with Crippen LogP contribution in [0.4, 0.5) is 4.79 Å². The van der Waals surface area contributed by atoms with Crippen LogP contribution in [0, 0.1) is 0 Å². The van der Waals surface area contributed by atoms with Crippen molar-refractivity contribution < 1.29 is 19.4 Å². The Kier molecular flexibility index (Phi) is 7.55. The number of hydrogen-bond acceptors (Lipinski definition) is 3. The summed E-state index contributed by atoms with van der Waals surface area (Å²) in [7, 11) is 0. The Bertz CT molecular complexity index is 524. The van der Waals surface area contributed by atoms with Gasteiger partial charge in [0.15, 0.2) is 0 Å². The lowest BCUT2D eigenvalue weighted by atomic mass is 9.98. The minimum Gasteiger partial charge on any atom is -0.478 e. The SMILES string of the molecule is O=C(NCCCOC1CCCCC1)NCc1ccc(C(=O)O)cc1. The summed E-state index contributed by atoms with van der Waals surface area (Å²) >= 11 is 0. The summed E-state index contributed by atoms with van der Waals surface area (Å²) in [5.41, 5.74) is 1.09. The number of rotatable bonds is 8. The molecule has 1 aliphatic rings. The van der Waals surface area contributed by atoms with E-state index in [0.717, 1.165) is 24.8 Å². The Balaban J connectivity index is 1.53. The van der Waals surface area contributed by atoms with Crippen molar-refractivity contribution in [2.24, 2.45) is 0 Å². The van der Waals surface area contributed by atoms with Crippen molar-refractivity contribution in [2.45, 2.75) is 51.2 Å². The van der Waals surface area contributed by atoms with Crippen LogP contribution in [-0.4, -0.2) is 36.4 Å². The third-order valence-corrected chi connectivity index (χ3v) is 4.17. The highest BCUT2D eigenvalue weighted by atomic mass is 16.5. The van der Waals surface area contributed by atoms with Crippen molar-refractivity contribution in [3.05, 3.63) is 35.4 Å². The lowest BCUT2D eigenvalue weighted by Crippen LogP contribution is -2.36. The predicted octanol–water partition coefficient (Wildman–Crippen LogP) is 2.92. The molecule has 1 aromatic rings. The number of carbonyl (C=O) groups is 2. The second-order valence-electron chi connectivity index (χ2n) is 6.10. The predicted molar refractivity (Wildman–Crippen MR) is 91.1 cm³/mol. The highest BCUT2D eigenvalue weighted by Gasteiger charge is 2.13. The van der Waals surface area contributed by atoms with E-state index in [1.165, 1.54) is 31.4 Å². The molecular formula is C18H26N2O4. The monoisotopic (exact) mass is 334 g/mol. The van der Waals surface area contributed by atoms with Gasteiger partial charge in [-0.3, -0.25) is 0 Å². The number of nitrogens with one attached hydrogen (secondary N) is 2. The molecule has 0 bridgehead atoms. The van der Waals surface area contributed by atoms with E-state index in [1.54, 1.807) is 12.1 Å². The average molecular weight is 334 g/mol. The molecule has 0 radical (unpaired) electrons. The van der Waals surface area contributed by atoms with Crippen LogP contribution in [-0.2, 0) is 11.3 Å². The molecule has 0 spiro atoms. The van der Waals surface area contributed by atoms with Gasteiger partial charge in [-0.15, -0.1) is 0 Å². The van der Waals surface area contributed by atoms with Crippen LogP contribution in [0.15, 0.2) is 24.3 Å². The van der Waals surface area contributed by atoms with Crippen LogP contribution >= 0.6 is 0 Å². The fraction of sp³-hybridized carbons (Fsp3) is 0.556. The molecule has 0 saturated heterocycles. The normalized spacial score (nSPS) is 15.0. The highest BCUT2D eigenvalue weighted by molar-refractivity contribution is 5.87. The zero-order valence-corrected chi connectivity index (χ0v) is 13.9. The van der Waals surface area contributed by atoms with Crippen LogP contribution < -0.4 is 10.6 Å². The molecule has 6 heteroatoms. The van der Waals surface area contributed by atoms with E-state index >= 15 is 0 Å². The number of ether oxygens (including phenoxy) is 1. The highest BCUT2D eigenvalue weighted by Crippen LogP contribution is 2.20. The van der Waals surface area contributed by atoms with Gasteiger partial charge in [0.1, 0.15) is 0 Å². The Hall–Kier alpha value is -2.08. The molecule has 3 N–H and O–H groups in total. The van der Waals surface area contributed by atoms with Crippen molar-refractivity contribution in [1.82, 2.24) is 10.6 Å². The third-order valence-electron chi connectivity index (χ3n) is 4.17. The Labute approximate surface area is 142 Å². The second-order valence-corrected chi connectivity index (χ2v) is 6.10. The van der Waals surface area contributed by atoms with Gasteiger partial charge in [0.25, 0.3) is 0 Å². The van der Waals surface area contributed by atoms with Gasteiger partial charge in [0.2, 0.25) is 0 Å². The molecule has 0 aliphatic heterocycles. The number of amides is 2. The maximum absolute atomic E-state index is 11.7. The van der Waals surface area contributed by atoms with Crippen LogP contribution in [0.25, 0.3) is 0 Å². The number of carbonyl (C=O) groups excluding carboxylic acids is 1. The van der Waals surface area contributed by atoms with E-state index < -0.39 is 5.97 Å². The molecule has 1 saturated carbocycles. The van der Waals surface area contributed by atoms with Gasteiger partial charge in [-0.05, 0) is 37.0 Å². The smallest absolute Gasteiger partial charge is 0.335 e. The Morgan fingerprint density at radius 1 is 1.08 bits per heavy atom. The summed E-state index contributed by atoms with van der Waals surface area (Å²) in [4.78, 5) is 22.5. The Morgan fingerprint density at radius 3 is 2.46 bits per heavy atom. The van der Waals surface area contributed by atoms with Crippen LogP contribution in [0.1, 0.15) is 54.4 Å². The van der Waals surface area contributed by atoms with E-state index in [2.05, 4.69) is 10.6 Å². The zero-order valence-electron chi connectivity index (χ0n) is 13.9. The topological polar surface area (TPSA) is 87.7 Å². The number of carboxylic acids is 1. The largest absolute Gasteiger partial charge is 0.478 e. The number of benzene rings is 1. The van der Waals surface area contributed by atoms with Gasteiger partial charge in [0, 0.05) is 19.7 Å². The molecule has 132 valence electrons. The molecule has 1 aromatic carbocycles. The van der Waals surface area contributed by atoms with E-state index in [4.69, 9.17) is 9.84 Å². The fourth-order valence-corrected chi connectivity index (χ4v) is 2.77. The summed E-state index contributed by atoms with van der Waals surface area (Å²) in [6.45, 7) is 1.63. The van der Waals surface area contributed by atoms with Crippen LogP contribution in [0.2, 0.25) is 0 Å². The first-order chi connectivity index (χ1) is 11.6. The molecule has 0 heterocycles. The maximum Gasteiger partial charge on any atom is 0.335 e. The standard InChI is InChI=1S/C18H26N2O4/c21-17(22)15-9-7-14(8-10-15)13-20-18(23)19-11-4-12-24-16-5-2-1-3-6-16/h7-10,16H,1-6,11-13H2,(H,21,22)(H2,19,20,23). The second kappa shape index (κ2) is 9.93. The first-order valence-electron chi connectivity index (χ1n) is 8.60. The first kappa shape index (κ1) is 18.3. The van der Waals surface area contributed by atoms with Gasteiger partial charge in [-0.25, -0.2) is 9.59 Å². The molecule has 0 atom stereocenters. The Morgan fingerprint density at radius 2 is 1.79 bits per heavy atom. The van der Waals surface area contributed by atoms with Crippen LogP contribution in [0.3, 0.4) is 0 Å². The van der Waals surface area contributed by atoms with Crippen molar-refractivity contribution in [1.29, 1.82) is 0 Å². The van der Waals surface area contributed by atoms with Crippen LogP contribution in [0.5, 0.6) is 0 Å². The molecule has 1 fully saturated rings. The molecular weight excluding hydrogens is 308 g/mol. The maximum atomic E-state index is 11.7. The van der Waals surface area contributed by atoms with Gasteiger partial charge >= 0.3 is 12.0 Å². The molecule has 0 unspecified atom stereocenters. The van der Waals surface area contributed by atoms with Gasteiger partial charge in [0.05, 0.1) is 11.7 Å². The van der Waals surface area contributed by atoms with E-state index in [1.807, 2.05) is 0 Å². The quantitative estimate of drug-likeness (QED) is 0.638. The molecule has 2 amide bonds. The van der Waals surface area contributed by atoms with Crippen molar-refractivity contribution in [2.75, 3.05) is 13.2 Å². The molecule has 24 heavy (non-hydrogen) atoms. The van der Waals surface area contributed by atoms with E-state index in [-0.39, 0.29) is 11.6 Å². The van der Waals surface area contributed by atoms with Crippen molar-refractivity contribution >= 4 is 12.0 Å². The number of urea groups is 1. The van der Waals surface area contributed by atoms with E-state index in [9.17, 15) is 9.59 Å². The van der Waals surface area contributed by atoms with E-state index in [0.29, 0.717) is 25.8 Å². The zero-order chi connectivity index (χ0) is 17.2. The van der Waals surface area contributed by atoms with Gasteiger partial charge < -0.3 is 20.5 Å². The van der Waals surface area contributed by atoms with Gasteiger partial charge in [-0.1, -0.05) is 31.4 Å². The summed E-state index contributed by atoms with van der Waals surface area (Å²) in [5, 5.41) is 14.4. The lowest BCUT2D eigenvalue weighted by molar-refractivity contribution is 0.0275. The minimum absolute atomic E-state index is 0.227. The lowest BCUT2D eigenvalue weighted by Gasteiger charge is -2.21. The fourth-order valence-electron chi connectivity index (χ4n) is 2.77. The summed E-state index contributed by atoms with van der Waals surface area (Å²) in [6, 6.07) is 6.22. The molecule has 0 aromatic heterocycles. The average Bonchev–Trinajstić information content (AvgIpc) is 2.61.